The second-order valence-corrected chi connectivity index (χ2v) is 4.87. The van der Waals surface area contributed by atoms with Crippen molar-refractivity contribution in [3.63, 3.8) is 0 Å². The van der Waals surface area contributed by atoms with Crippen molar-refractivity contribution in [3.05, 3.63) is 59.7 Å². The molecule has 3 rings (SSSR count). The van der Waals surface area contributed by atoms with Crippen LogP contribution in [0.1, 0.15) is 5.56 Å². The van der Waals surface area contributed by atoms with Crippen LogP contribution in [0.15, 0.2) is 42.5 Å². The lowest BCUT2D eigenvalue weighted by atomic mass is 10.2. The maximum atomic E-state index is 13.5. The third-order valence-corrected chi connectivity index (χ3v) is 3.57. The number of fused-ring (bicyclic) bond motifs is 1. The standard InChI is InChI=1S/C16H14F2N2O/c17-12-5-3-6-13(18)16(12)19-10-15(21)20-9-8-11-4-1-2-7-14(11)20/h1-7,19H,8-10H2. The first kappa shape index (κ1) is 13.5. The van der Waals surface area contributed by atoms with Gasteiger partial charge in [-0.15, -0.1) is 0 Å². The number of nitrogens with one attached hydrogen (secondary N) is 1. The monoisotopic (exact) mass is 288 g/mol. The maximum absolute atomic E-state index is 13.5. The predicted molar refractivity (Wildman–Crippen MR) is 77.3 cm³/mol. The highest BCUT2D eigenvalue weighted by molar-refractivity contribution is 5.98. The molecule has 1 aliphatic rings. The Hall–Kier alpha value is -2.43. The molecule has 1 heterocycles. The SMILES string of the molecule is O=C(CNc1c(F)cccc1F)N1CCc2ccccc21. The normalized spacial score (nSPS) is 13.1. The van der Waals surface area contributed by atoms with Crippen LogP contribution in [0.2, 0.25) is 0 Å². The number of anilines is 2. The molecule has 21 heavy (non-hydrogen) atoms. The van der Waals surface area contributed by atoms with Crippen molar-refractivity contribution >= 4 is 17.3 Å². The highest BCUT2D eigenvalue weighted by Gasteiger charge is 2.24. The van der Waals surface area contributed by atoms with Gasteiger partial charge in [-0.1, -0.05) is 24.3 Å². The molecule has 0 aromatic heterocycles. The molecule has 2 aromatic rings. The van der Waals surface area contributed by atoms with Crippen LogP contribution >= 0.6 is 0 Å². The minimum atomic E-state index is -0.704. The molecule has 0 saturated heterocycles. The van der Waals surface area contributed by atoms with Crippen LogP contribution in [0.4, 0.5) is 20.2 Å². The van der Waals surface area contributed by atoms with Crippen LogP contribution in [0.25, 0.3) is 0 Å². The van der Waals surface area contributed by atoms with Gasteiger partial charge in [-0.05, 0) is 30.2 Å². The number of carbonyl (C=O) groups excluding carboxylic acids is 1. The lowest BCUT2D eigenvalue weighted by molar-refractivity contribution is -0.116. The molecular weight excluding hydrogens is 274 g/mol. The maximum Gasteiger partial charge on any atom is 0.246 e. The van der Waals surface area contributed by atoms with Crippen molar-refractivity contribution in [2.75, 3.05) is 23.3 Å². The summed E-state index contributed by atoms with van der Waals surface area (Å²) in [7, 11) is 0. The summed E-state index contributed by atoms with van der Waals surface area (Å²) in [5.41, 5.74) is 1.72. The summed E-state index contributed by atoms with van der Waals surface area (Å²) in [5.74, 6) is -1.61. The van der Waals surface area contributed by atoms with Crippen molar-refractivity contribution < 1.29 is 13.6 Å². The Morgan fingerprint density at radius 3 is 2.57 bits per heavy atom. The Labute approximate surface area is 121 Å². The minimum Gasteiger partial charge on any atom is -0.371 e. The number of hydrogen-bond donors (Lipinski definition) is 1. The number of rotatable bonds is 3. The van der Waals surface area contributed by atoms with Gasteiger partial charge in [0, 0.05) is 12.2 Å². The molecule has 1 amide bonds. The predicted octanol–water partition coefficient (Wildman–Crippen LogP) is 2.97. The van der Waals surface area contributed by atoms with Crippen LogP contribution in [0, 0.1) is 11.6 Å². The van der Waals surface area contributed by atoms with E-state index in [1.165, 1.54) is 6.07 Å². The molecule has 2 aromatic carbocycles. The summed E-state index contributed by atoms with van der Waals surface area (Å²) in [6, 6.07) is 11.3. The molecule has 5 heteroatoms. The van der Waals surface area contributed by atoms with Gasteiger partial charge in [0.2, 0.25) is 5.91 Å². The Bertz CT molecular complexity index is 667. The summed E-state index contributed by atoms with van der Waals surface area (Å²) in [4.78, 5) is 13.9. The van der Waals surface area contributed by atoms with Crippen LogP contribution in [0.3, 0.4) is 0 Å². The zero-order valence-electron chi connectivity index (χ0n) is 11.3. The zero-order chi connectivity index (χ0) is 14.8. The number of amides is 1. The van der Waals surface area contributed by atoms with Gasteiger partial charge in [0.25, 0.3) is 0 Å². The fourth-order valence-corrected chi connectivity index (χ4v) is 2.52. The van der Waals surface area contributed by atoms with Crippen molar-refractivity contribution in [2.24, 2.45) is 0 Å². The first-order valence-electron chi connectivity index (χ1n) is 6.73. The third kappa shape index (κ3) is 2.59. The Morgan fingerprint density at radius 1 is 1.10 bits per heavy atom. The first-order valence-corrected chi connectivity index (χ1v) is 6.73. The van der Waals surface area contributed by atoms with E-state index < -0.39 is 11.6 Å². The van der Waals surface area contributed by atoms with E-state index >= 15 is 0 Å². The molecule has 3 nitrogen and oxygen atoms in total. The van der Waals surface area contributed by atoms with E-state index in [-0.39, 0.29) is 18.1 Å². The molecule has 0 radical (unpaired) electrons. The number of nitrogens with zero attached hydrogens (tertiary/aromatic N) is 1. The van der Waals surface area contributed by atoms with E-state index in [4.69, 9.17) is 0 Å². The molecule has 0 bridgehead atoms. The Kier molecular flexibility index (Phi) is 3.56. The molecule has 108 valence electrons. The Balaban J connectivity index is 1.71. The molecule has 1 N–H and O–H groups in total. The highest BCUT2D eigenvalue weighted by atomic mass is 19.1. The van der Waals surface area contributed by atoms with Crippen LogP contribution in [-0.4, -0.2) is 19.0 Å². The van der Waals surface area contributed by atoms with Gasteiger partial charge in [-0.3, -0.25) is 4.79 Å². The zero-order valence-corrected chi connectivity index (χ0v) is 11.3. The molecule has 1 aliphatic heterocycles. The number of para-hydroxylation sites is 2. The van der Waals surface area contributed by atoms with E-state index in [1.807, 2.05) is 24.3 Å². The van der Waals surface area contributed by atoms with Gasteiger partial charge in [-0.2, -0.15) is 0 Å². The Morgan fingerprint density at radius 2 is 1.81 bits per heavy atom. The third-order valence-electron chi connectivity index (χ3n) is 3.57. The van der Waals surface area contributed by atoms with Crippen molar-refractivity contribution in [1.82, 2.24) is 0 Å². The lowest BCUT2D eigenvalue weighted by Gasteiger charge is -2.18. The number of hydrogen-bond acceptors (Lipinski definition) is 2. The second kappa shape index (κ2) is 5.52. The van der Waals surface area contributed by atoms with E-state index in [0.29, 0.717) is 6.54 Å². The lowest BCUT2D eigenvalue weighted by Crippen LogP contribution is -2.34. The summed E-state index contributed by atoms with van der Waals surface area (Å²) in [6.07, 6.45) is 0.802. The average molecular weight is 288 g/mol. The first-order chi connectivity index (χ1) is 10.2. The molecule has 0 fully saturated rings. The van der Waals surface area contributed by atoms with E-state index in [2.05, 4.69) is 5.32 Å². The van der Waals surface area contributed by atoms with E-state index in [9.17, 15) is 13.6 Å². The fraction of sp³-hybridized carbons (Fsp3) is 0.188. The van der Waals surface area contributed by atoms with Crippen molar-refractivity contribution in [2.45, 2.75) is 6.42 Å². The molecule has 0 aliphatic carbocycles. The highest BCUT2D eigenvalue weighted by Crippen LogP contribution is 2.27. The second-order valence-electron chi connectivity index (χ2n) is 4.87. The number of benzene rings is 2. The van der Waals surface area contributed by atoms with Crippen molar-refractivity contribution in [3.8, 4) is 0 Å². The molecule has 0 atom stereocenters. The van der Waals surface area contributed by atoms with Crippen LogP contribution in [-0.2, 0) is 11.2 Å². The number of carbonyl (C=O) groups is 1. The number of halogens is 2. The van der Waals surface area contributed by atoms with Crippen LogP contribution in [0.5, 0.6) is 0 Å². The topological polar surface area (TPSA) is 32.3 Å². The smallest absolute Gasteiger partial charge is 0.246 e. The molecular formula is C16H14F2N2O. The largest absolute Gasteiger partial charge is 0.371 e. The van der Waals surface area contributed by atoms with Gasteiger partial charge in [0.1, 0.15) is 17.3 Å². The van der Waals surface area contributed by atoms with Gasteiger partial charge in [-0.25, -0.2) is 8.78 Å². The van der Waals surface area contributed by atoms with Gasteiger partial charge >= 0.3 is 0 Å². The quantitative estimate of drug-likeness (QED) is 0.941. The van der Waals surface area contributed by atoms with Crippen molar-refractivity contribution in [1.29, 1.82) is 0 Å². The average Bonchev–Trinajstić information content (AvgIpc) is 2.90. The van der Waals surface area contributed by atoms with Gasteiger partial charge in [0.05, 0.1) is 6.54 Å². The minimum absolute atomic E-state index is 0.147. The van der Waals surface area contributed by atoms with E-state index in [1.54, 1.807) is 4.90 Å². The summed E-state index contributed by atoms with van der Waals surface area (Å²) >= 11 is 0. The van der Waals surface area contributed by atoms with Gasteiger partial charge < -0.3 is 10.2 Å². The van der Waals surface area contributed by atoms with Gasteiger partial charge in [0.15, 0.2) is 0 Å². The summed E-state index contributed by atoms with van der Waals surface area (Å²) < 4.78 is 27.0. The van der Waals surface area contributed by atoms with E-state index in [0.717, 1.165) is 29.8 Å². The fourth-order valence-electron chi connectivity index (χ4n) is 2.52. The summed E-state index contributed by atoms with van der Waals surface area (Å²) in [5, 5.41) is 2.55. The molecule has 0 unspecified atom stereocenters. The van der Waals surface area contributed by atoms with Crippen LogP contribution < -0.4 is 10.2 Å². The molecule has 0 spiro atoms. The molecule has 0 saturated carbocycles. The summed E-state index contributed by atoms with van der Waals surface area (Å²) in [6.45, 7) is 0.450.